The van der Waals surface area contributed by atoms with E-state index in [2.05, 4.69) is 5.32 Å². The Morgan fingerprint density at radius 2 is 1.90 bits per heavy atom. The number of halogens is 2. The van der Waals surface area contributed by atoms with E-state index in [1.807, 2.05) is 0 Å². The number of esters is 1. The summed E-state index contributed by atoms with van der Waals surface area (Å²) in [5.41, 5.74) is -0.880. The average Bonchev–Trinajstić information content (AvgIpc) is 2.94. The number of imide groups is 1. The number of nitro benzene ring substituents is 1. The average molecular weight is 466 g/mol. The maximum atomic E-state index is 12.5. The van der Waals surface area contributed by atoms with Crippen LogP contribution in [0.15, 0.2) is 36.4 Å². The monoisotopic (exact) mass is 465 g/mol. The minimum absolute atomic E-state index is 0.173. The van der Waals surface area contributed by atoms with E-state index in [4.69, 9.17) is 27.9 Å². The summed E-state index contributed by atoms with van der Waals surface area (Å²) in [5.74, 6) is -3.63. The lowest BCUT2D eigenvalue weighted by atomic mass is 10.1. The quantitative estimate of drug-likeness (QED) is 0.299. The zero-order valence-electron chi connectivity index (χ0n) is 15.8. The van der Waals surface area contributed by atoms with Crippen molar-refractivity contribution < 1.29 is 28.8 Å². The number of hydrogen-bond donors (Lipinski definition) is 1. The second-order valence-corrected chi connectivity index (χ2v) is 7.24. The van der Waals surface area contributed by atoms with E-state index >= 15 is 0 Å². The Balaban J connectivity index is 1.66. The van der Waals surface area contributed by atoms with Gasteiger partial charge in [0, 0.05) is 11.1 Å². The molecule has 0 radical (unpaired) electrons. The first-order valence-corrected chi connectivity index (χ1v) is 9.44. The van der Waals surface area contributed by atoms with Crippen LogP contribution < -0.4 is 5.32 Å². The van der Waals surface area contributed by atoms with Gasteiger partial charge in [-0.05, 0) is 31.2 Å². The molecule has 1 N–H and O–H groups in total. The topological polar surface area (TPSA) is 136 Å². The number of carbonyl (C=O) groups excluding carboxylic acids is 4. The first-order chi connectivity index (χ1) is 14.6. The molecular weight excluding hydrogens is 453 g/mol. The molecule has 0 saturated carbocycles. The number of nitrogens with zero attached hydrogens (tertiary/aromatic N) is 2. The van der Waals surface area contributed by atoms with Crippen LogP contribution >= 0.6 is 23.2 Å². The van der Waals surface area contributed by atoms with Crippen LogP contribution in [0.3, 0.4) is 0 Å². The smallest absolute Gasteiger partial charge is 0.326 e. The summed E-state index contributed by atoms with van der Waals surface area (Å²) in [7, 11) is 0. The van der Waals surface area contributed by atoms with Crippen molar-refractivity contribution >= 4 is 58.3 Å². The van der Waals surface area contributed by atoms with Crippen molar-refractivity contribution in [2.75, 3.05) is 11.9 Å². The number of amides is 3. The maximum absolute atomic E-state index is 12.5. The second-order valence-electron chi connectivity index (χ2n) is 6.40. The lowest BCUT2D eigenvalue weighted by Gasteiger charge is -2.17. The molecule has 10 nitrogen and oxygen atoms in total. The Kier molecular flexibility index (Phi) is 6.23. The number of nitro groups is 1. The van der Waals surface area contributed by atoms with Crippen molar-refractivity contribution in [1.82, 2.24) is 4.90 Å². The molecule has 0 aliphatic carbocycles. The third kappa shape index (κ3) is 4.49. The number of hydrogen-bond acceptors (Lipinski definition) is 7. The highest BCUT2D eigenvalue weighted by atomic mass is 35.5. The Hall–Kier alpha value is -3.50. The highest BCUT2D eigenvalue weighted by molar-refractivity contribution is 6.36. The number of anilines is 1. The van der Waals surface area contributed by atoms with E-state index in [0.717, 1.165) is 6.07 Å². The fraction of sp³-hybridized carbons (Fsp3) is 0.158. The fourth-order valence-electron chi connectivity index (χ4n) is 2.85. The van der Waals surface area contributed by atoms with Crippen molar-refractivity contribution in [3.63, 3.8) is 0 Å². The Labute approximate surface area is 184 Å². The van der Waals surface area contributed by atoms with E-state index in [-0.39, 0.29) is 16.3 Å². The third-order valence-electron chi connectivity index (χ3n) is 4.33. The maximum Gasteiger partial charge on any atom is 0.326 e. The van der Waals surface area contributed by atoms with Gasteiger partial charge in [-0.1, -0.05) is 29.3 Å². The normalized spacial score (nSPS) is 13.6. The minimum atomic E-state index is -1.29. The molecule has 3 amide bonds. The molecule has 0 bridgehead atoms. The van der Waals surface area contributed by atoms with E-state index in [9.17, 15) is 29.3 Å². The number of benzene rings is 2. The first kappa shape index (κ1) is 22.2. The Bertz CT molecular complexity index is 1140. The van der Waals surface area contributed by atoms with Crippen molar-refractivity contribution in [1.29, 1.82) is 0 Å². The molecule has 3 rings (SSSR count). The van der Waals surface area contributed by atoms with Gasteiger partial charge >= 0.3 is 5.97 Å². The standard InChI is InChI=1S/C19H13Cl2N3O7/c1-9(17(26)22-13-6-5-10(20)7-12(13)21)31-15(25)8-23-18(27)11-3-2-4-14(24(29)30)16(11)19(23)28/h2-7,9H,8H2,1H3,(H,22,26). The van der Waals surface area contributed by atoms with Crippen LogP contribution in [0.1, 0.15) is 27.6 Å². The summed E-state index contributed by atoms with van der Waals surface area (Å²) >= 11 is 11.8. The van der Waals surface area contributed by atoms with Gasteiger partial charge in [0.15, 0.2) is 6.10 Å². The zero-order valence-corrected chi connectivity index (χ0v) is 17.3. The predicted octanol–water partition coefficient (Wildman–Crippen LogP) is 3.07. The lowest BCUT2D eigenvalue weighted by Crippen LogP contribution is -2.38. The number of carbonyl (C=O) groups is 4. The molecule has 0 aromatic heterocycles. The molecule has 2 aromatic rings. The molecule has 0 saturated heterocycles. The van der Waals surface area contributed by atoms with E-state index in [0.29, 0.717) is 9.92 Å². The van der Waals surface area contributed by atoms with Gasteiger partial charge in [0.2, 0.25) is 0 Å². The number of nitrogens with one attached hydrogen (secondary N) is 1. The molecule has 1 unspecified atom stereocenters. The van der Waals surface area contributed by atoms with Crippen LogP contribution in [0, 0.1) is 10.1 Å². The zero-order chi connectivity index (χ0) is 22.9. The van der Waals surface area contributed by atoms with E-state index in [1.54, 1.807) is 0 Å². The molecule has 31 heavy (non-hydrogen) atoms. The highest BCUT2D eigenvalue weighted by Crippen LogP contribution is 2.30. The molecule has 2 aromatic carbocycles. The van der Waals surface area contributed by atoms with Crippen LogP contribution in [-0.2, 0) is 14.3 Å². The van der Waals surface area contributed by atoms with E-state index in [1.165, 1.54) is 37.3 Å². The molecule has 1 heterocycles. The molecule has 1 aliphatic heterocycles. The van der Waals surface area contributed by atoms with Gasteiger partial charge in [-0.3, -0.25) is 34.2 Å². The molecule has 0 spiro atoms. The molecule has 12 heteroatoms. The molecule has 1 aliphatic rings. The summed E-state index contributed by atoms with van der Waals surface area (Å²) in [4.78, 5) is 60.2. The third-order valence-corrected chi connectivity index (χ3v) is 4.88. The van der Waals surface area contributed by atoms with Crippen molar-refractivity contribution in [2.24, 2.45) is 0 Å². The Morgan fingerprint density at radius 1 is 1.19 bits per heavy atom. The first-order valence-electron chi connectivity index (χ1n) is 8.69. The van der Waals surface area contributed by atoms with Gasteiger partial charge in [-0.15, -0.1) is 0 Å². The van der Waals surface area contributed by atoms with Gasteiger partial charge in [0.1, 0.15) is 12.1 Å². The van der Waals surface area contributed by atoms with Crippen LogP contribution in [0.5, 0.6) is 0 Å². The SMILES string of the molecule is CC(OC(=O)CN1C(=O)c2cccc([N+](=O)[O-])c2C1=O)C(=O)Nc1ccc(Cl)cc1Cl. The van der Waals surface area contributed by atoms with Gasteiger partial charge in [-0.2, -0.15) is 0 Å². The van der Waals surface area contributed by atoms with Gasteiger partial charge in [0.05, 0.1) is 21.2 Å². The summed E-state index contributed by atoms with van der Waals surface area (Å²) in [5, 5.41) is 14.1. The van der Waals surface area contributed by atoms with Gasteiger partial charge in [0.25, 0.3) is 23.4 Å². The van der Waals surface area contributed by atoms with Crippen LogP contribution in [0.4, 0.5) is 11.4 Å². The second kappa shape index (κ2) is 8.70. The Morgan fingerprint density at radius 3 is 2.55 bits per heavy atom. The molecular formula is C19H13Cl2N3O7. The van der Waals surface area contributed by atoms with Crippen LogP contribution in [0.25, 0.3) is 0 Å². The van der Waals surface area contributed by atoms with Gasteiger partial charge < -0.3 is 10.1 Å². The van der Waals surface area contributed by atoms with Crippen LogP contribution in [0.2, 0.25) is 10.0 Å². The van der Waals surface area contributed by atoms with Crippen molar-refractivity contribution in [3.8, 4) is 0 Å². The summed E-state index contributed by atoms with van der Waals surface area (Å²) in [6, 6.07) is 7.97. The summed E-state index contributed by atoms with van der Waals surface area (Å²) in [6.07, 6.45) is -1.29. The number of ether oxygens (including phenoxy) is 1. The number of rotatable bonds is 6. The van der Waals surface area contributed by atoms with Crippen LogP contribution in [-0.4, -0.2) is 46.2 Å². The fourth-order valence-corrected chi connectivity index (χ4v) is 3.31. The highest BCUT2D eigenvalue weighted by Gasteiger charge is 2.42. The largest absolute Gasteiger partial charge is 0.451 e. The predicted molar refractivity (Wildman–Crippen MR) is 109 cm³/mol. The molecule has 160 valence electrons. The summed E-state index contributed by atoms with van der Waals surface area (Å²) < 4.78 is 4.98. The van der Waals surface area contributed by atoms with Crippen molar-refractivity contribution in [2.45, 2.75) is 13.0 Å². The molecule has 0 fully saturated rings. The van der Waals surface area contributed by atoms with Gasteiger partial charge in [-0.25, -0.2) is 0 Å². The van der Waals surface area contributed by atoms with Crippen molar-refractivity contribution in [3.05, 3.63) is 67.7 Å². The lowest BCUT2D eigenvalue weighted by molar-refractivity contribution is -0.385. The molecule has 1 atom stereocenters. The summed E-state index contributed by atoms with van der Waals surface area (Å²) in [6.45, 7) is 0.465. The van der Waals surface area contributed by atoms with E-state index < -0.39 is 52.5 Å². The minimum Gasteiger partial charge on any atom is -0.451 e. The number of fused-ring (bicyclic) bond motifs is 1.